The second-order valence-corrected chi connectivity index (χ2v) is 14.2. The summed E-state index contributed by atoms with van der Waals surface area (Å²) in [5.41, 5.74) is 4.99. The molecule has 0 amide bonds. The summed E-state index contributed by atoms with van der Waals surface area (Å²) in [5, 5.41) is 21.2. The van der Waals surface area contributed by atoms with Crippen molar-refractivity contribution in [1.82, 2.24) is 29.5 Å². The number of carbonyl (C=O) groups excluding carboxylic acids is 1. The maximum absolute atomic E-state index is 11.4. The predicted molar refractivity (Wildman–Crippen MR) is 192 cm³/mol. The topological polar surface area (TPSA) is 90.6 Å². The molecule has 2 aliphatic carbocycles. The SMILES string of the molecule is COC(=O)CCSc1nnc(Br)n1-c1ccc(C2CC2)c2ccccc12.S=c1[nH]nc(Br)n1-c1ccc(C2CC2)c2ccccc12. The Labute approximate surface area is 292 Å². The molecule has 8 rings (SSSR count). The minimum absolute atomic E-state index is 0.220. The van der Waals surface area contributed by atoms with Crippen molar-refractivity contribution >= 4 is 83.4 Å². The molecule has 1 N–H and O–H groups in total. The van der Waals surface area contributed by atoms with Gasteiger partial charge in [-0.1, -0.05) is 72.4 Å². The van der Waals surface area contributed by atoms with Gasteiger partial charge >= 0.3 is 5.97 Å². The highest BCUT2D eigenvalue weighted by Crippen LogP contribution is 2.45. The number of rotatable bonds is 8. The molecule has 12 heteroatoms. The number of thioether (sulfide) groups is 1. The van der Waals surface area contributed by atoms with E-state index in [2.05, 4.69) is 125 Å². The molecule has 0 bridgehead atoms. The summed E-state index contributed by atoms with van der Waals surface area (Å²) in [6.45, 7) is 0. The maximum Gasteiger partial charge on any atom is 0.306 e. The van der Waals surface area contributed by atoms with Crippen molar-refractivity contribution in [3.05, 3.63) is 98.2 Å². The smallest absolute Gasteiger partial charge is 0.306 e. The number of aromatic nitrogens is 6. The number of ether oxygens (including phenoxy) is 1. The van der Waals surface area contributed by atoms with Crippen LogP contribution >= 0.6 is 55.8 Å². The molecular weight excluding hydrogens is 748 g/mol. The Morgan fingerprint density at radius 2 is 1.37 bits per heavy atom. The van der Waals surface area contributed by atoms with Gasteiger partial charge in [-0.25, -0.2) is 0 Å². The van der Waals surface area contributed by atoms with Crippen LogP contribution in [0.5, 0.6) is 0 Å². The minimum Gasteiger partial charge on any atom is -0.469 e. The molecule has 0 unspecified atom stereocenters. The van der Waals surface area contributed by atoms with Gasteiger partial charge in [-0.15, -0.1) is 15.3 Å². The lowest BCUT2D eigenvalue weighted by Crippen LogP contribution is -2.03. The number of hydrogen-bond acceptors (Lipinski definition) is 7. The molecule has 234 valence electrons. The fourth-order valence-corrected chi connectivity index (χ4v) is 8.09. The summed E-state index contributed by atoms with van der Waals surface area (Å²) in [5.74, 6) is 1.79. The van der Waals surface area contributed by atoms with E-state index in [4.69, 9.17) is 17.0 Å². The molecule has 6 aromatic rings. The van der Waals surface area contributed by atoms with Crippen molar-refractivity contribution in [1.29, 1.82) is 0 Å². The normalized spacial score (nSPS) is 14.3. The van der Waals surface area contributed by atoms with E-state index in [0.29, 0.717) is 32.3 Å². The van der Waals surface area contributed by atoms with Gasteiger partial charge in [0.05, 0.1) is 24.9 Å². The Morgan fingerprint density at radius 1 is 0.826 bits per heavy atom. The molecule has 0 radical (unpaired) electrons. The van der Waals surface area contributed by atoms with Gasteiger partial charge in [0.25, 0.3) is 0 Å². The standard InChI is InChI=1S/C19H18BrN3O2S.C15H12BrN3S/c1-25-17(24)10-11-26-19-22-21-18(20)23(19)16-9-8-13(12-6-7-12)14-4-2-3-5-15(14)16;16-14-17-18-15(20)19(14)13-8-7-10(9-5-6-9)11-3-1-2-4-12(11)13/h2-5,8-9,12H,6-7,10-11H2,1H3;1-4,7-9H,5-6H2,(H,18,20). The lowest BCUT2D eigenvalue weighted by molar-refractivity contribution is -0.140. The number of fused-ring (bicyclic) bond motifs is 2. The Kier molecular flexibility index (Phi) is 9.13. The zero-order valence-electron chi connectivity index (χ0n) is 25.0. The second kappa shape index (κ2) is 13.4. The van der Waals surface area contributed by atoms with Gasteiger partial charge in [-0.05, 0) is 116 Å². The van der Waals surface area contributed by atoms with E-state index in [1.807, 2.05) is 9.13 Å². The van der Waals surface area contributed by atoms with Crippen LogP contribution in [0.4, 0.5) is 0 Å². The first-order valence-corrected chi connectivity index (χ1v) is 18.1. The lowest BCUT2D eigenvalue weighted by atomic mass is 9.99. The molecule has 4 aromatic carbocycles. The van der Waals surface area contributed by atoms with Crippen molar-refractivity contribution < 1.29 is 9.53 Å². The third-order valence-corrected chi connectivity index (χ3v) is 10.6. The van der Waals surface area contributed by atoms with Gasteiger partial charge in [0.1, 0.15) is 0 Å². The maximum atomic E-state index is 11.4. The van der Waals surface area contributed by atoms with E-state index >= 15 is 0 Å². The van der Waals surface area contributed by atoms with Crippen LogP contribution in [-0.4, -0.2) is 48.4 Å². The zero-order valence-corrected chi connectivity index (χ0v) is 29.8. The highest BCUT2D eigenvalue weighted by molar-refractivity contribution is 9.10. The molecule has 0 aliphatic heterocycles. The summed E-state index contributed by atoms with van der Waals surface area (Å²) in [6, 6.07) is 25.8. The highest BCUT2D eigenvalue weighted by atomic mass is 79.9. The Balaban J connectivity index is 0.000000152. The van der Waals surface area contributed by atoms with Crippen molar-refractivity contribution in [3.8, 4) is 11.4 Å². The average Bonchev–Trinajstić information content (AvgIpc) is 4.02. The molecular formula is C34H30Br2N6O2S2. The zero-order chi connectivity index (χ0) is 31.8. The van der Waals surface area contributed by atoms with Crippen molar-refractivity contribution in [2.75, 3.05) is 12.9 Å². The van der Waals surface area contributed by atoms with Crippen molar-refractivity contribution in [2.45, 2.75) is 49.1 Å². The number of aromatic amines is 1. The summed E-state index contributed by atoms with van der Waals surface area (Å²) in [6.07, 6.45) is 5.49. The van der Waals surface area contributed by atoms with Gasteiger partial charge < -0.3 is 4.74 Å². The van der Waals surface area contributed by atoms with E-state index in [-0.39, 0.29) is 5.97 Å². The number of hydrogen-bond donors (Lipinski definition) is 1. The molecule has 0 spiro atoms. The third-order valence-electron chi connectivity index (χ3n) is 8.38. The molecule has 2 fully saturated rings. The monoisotopic (exact) mass is 776 g/mol. The van der Waals surface area contributed by atoms with Crippen LogP contribution < -0.4 is 0 Å². The number of nitrogens with one attached hydrogen (secondary N) is 1. The van der Waals surface area contributed by atoms with Gasteiger partial charge in [-0.3, -0.25) is 19.0 Å². The lowest BCUT2D eigenvalue weighted by Gasteiger charge is -2.13. The summed E-state index contributed by atoms with van der Waals surface area (Å²) in [7, 11) is 1.40. The number of halogens is 2. The van der Waals surface area contributed by atoms with E-state index in [0.717, 1.165) is 22.4 Å². The van der Waals surface area contributed by atoms with Crippen LogP contribution in [0.25, 0.3) is 32.9 Å². The number of nitrogens with zero attached hydrogens (tertiary/aromatic N) is 5. The Bertz CT molecular complexity index is 2130. The fraction of sp³-hybridized carbons (Fsp3) is 0.265. The molecule has 46 heavy (non-hydrogen) atoms. The van der Waals surface area contributed by atoms with E-state index in [1.165, 1.54) is 77.2 Å². The number of esters is 1. The molecule has 8 nitrogen and oxygen atoms in total. The highest BCUT2D eigenvalue weighted by Gasteiger charge is 2.27. The fourth-order valence-electron chi connectivity index (χ4n) is 5.87. The van der Waals surface area contributed by atoms with Crippen LogP contribution in [0.3, 0.4) is 0 Å². The van der Waals surface area contributed by atoms with Crippen LogP contribution in [0.15, 0.2) is 87.4 Å². The van der Waals surface area contributed by atoms with Gasteiger partial charge in [0.2, 0.25) is 14.2 Å². The van der Waals surface area contributed by atoms with E-state index in [1.54, 1.807) is 0 Å². The number of methoxy groups -OCH3 is 1. The summed E-state index contributed by atoms with van der Waals surface area (Å²) in [4.78, 5) is 11.4. The van der Waals surface area contributed by atoms with Gasteiger partial charge in [0, 0.05) is 16.5 Å². The van der Waals surface area contributed by atoms with Gasteiger partial charge in [-0.2, -0.15) is 0 Å². The largest absolute Gasteiger partial charge is 0.469 e. The van der Waals surface area contributed by atoms with E-state index < -0.39 is 0 Å². The Morgan fingerprint density at radius 3 is 1.87 bits per heavy atom. The quantitative estimate of drug-likeness (QED) is 0.0936. The molecule has 0 saturated heterocycles. The first-order chi connectivity index (χ1) is 22.4. The van der Waals surface area contributed by atoms with Gasteiger partial charge in [0.15, 0.2) is 5.16 Å². The first-order valence-electron chi connectivity index (χ1n) is 15.1. The van der Waals surface area contributed by atoms with Crippen LogP contribution in [-0.2, 0) is 9.53 Å². The predicted octanol–water partition coefficient (Wildman–Crippen LogP) is 9.44. The third kappa shape index (κ3) is 6.32. The van der Waals surface area contributed by atoms with Crippen LogP contribution in [0, 0.1) is 4.77 Å². The van der Waals surface area contributed by atoms with Crippen LogP contribution in [0.1, 0.15) is 55.1 Å². The number of H-pyrrole nitrogens is 1. The Hall–Kier alpha value is -3.32. The van der Waals surface area contributed by atoms with E-state index in [9.17, 15) is 4.79 Å². The molecule has 2 heterocycles. The summed E-state index contributed by atoms with van der Waals surface area (Å²) < 4.78 is 10.6. The first kappa shape index (κ1) is 31.3. The second-order valence-electron chi connectivity index (χ2n) is 11.4. The minimum atomic E-state index is -0.220. The van der Waals surface area contributed by atoms with Crippen LogP contribution in [0.2, 0.25) is 0 Å². The number of carbonyl (C=O) groups is 1. The summed E-state index contributed by atoms with van der Waals surface area (Å²) >= 11 is 13.8. The molecule has 2 aliphatic rings. The molecule has 2 aromatic heterocycles. The van der Waals surface area contributed by atoms with Crippen molar-refractivity contribution in [3.63, 3.8) is 0 Å². The molecule has 0 atom stereocenters. The van der Waals surface area contributed by atoms with Crippen molar-refractivity contribution in [2.24, 2.45) is 0 Å². The number of benzene rings is 4. The average molecular weight is 779 g/mol. The molecule has 2 saturated carbocycles.